The summed E-state index contributed by atoms with van der Waals surface area (Å²) in [5.74, 6) is 2.15. The molecule has 0 aromatic carbocycles. The maximum Gasteiger partial charge on any atom is 0.150 e. The normalized spacial score (nSPS) is 36.8. The molecule has 1 aliphatic carbocycles. The third-order valence-corrected chi connectivity index (χ3v) is 5.86. The lowest BCUT2D eigenvalue weighted by Crippen LogP contribution is -2.30. The van der Waals surface area contributed by atoms with Gasteiger partial charge in [-0.05, 0) is 49.6 Å². The van der Waals surface area contributed by atoms with Crippen molar-refractivity contribution >= 4 is 9.84 Å². The van der Waals surface area contributed by atoms with E-state index in [2.05, 4.69) is 19.2 Å². The zero-order valence-corrected chi connectivity index (χ0v) is 11.1. The van der Waals surface area contributed by atoms with Gasteiger partial charge in [0.2, 0.25) is 0 Å². The average molecular weight is 245 g/mol. The van der Waals surface area contributed by atoms with Crippen LogP contribution in [0.5, 0.6) is 0 Å². The Hall–Kier alpha value is -0.0900. The lowest BCUT2D eigenvalue weighted by molar-refractivity contribution is 0.414. The largest absolute Gasteiger partial charge is 0.316 e. The van der Waals surface area contributed by atoms with Gasteiger partial charge < -0.3 is 5.32 Å². The molecule has 0 aromatic heterocycles. The van der Waals surface area contributed by atoms with Crippen molar-refractivity contribution in [1.29, 1.82) is 0 Å². The van der Waals surface area contributed by atoms with E-state index in [4.69, 9.17) is 0 Å². The van der Waals surface area contributed by atoms with E-state index >= 15 is 0 Å². The highest BCUT2D eigenvalue weighted by Gasteiger charge is 2.56. The molecular weight excluding hydrogens is 222 g/mol. The fourth-order valence-corrected chi connectivity index (χ4v) is 5.08. The lowest BCUT2D eigenvalue weighted by atomic mass is 9.99. The van der Waals surface area contributed by atoms with Crippen LogP contribution >= 0.6 is 0 Å². The first-order valence-corrected chi connectivity index (χ1v) is 8.17. The zero-order chi connectivity index (χ0) is 11.8. The quantitative estimate of drug-likeness (QED) is 0.815. The van der Waals surface area contributed by atoms with Crippen LogP contribution in [0.4, 0.5) is 0 Å². The molecule has 0 aromatic rings. The molecule has 2 atom stereocenters. The second-order valence-electron chi connectivity index (χ2n) is 6.01. The van der Waals surface area contributed by atoms with Crippen molar-refractivity contribution in [3.63, 3.8) is 0 Å². The molecule has 1 spiro atoms. The van der Waals surface area contributed by atoms with Gasteiger partial charge in [-0.2, -0.15) is 0 Å². The predicted molar refractivity (Wildman–Crippen MR) is 66.1 cm³/mol. The fraction of sp³-hybridized carbons (Fsp3) is 1.00. The molecular formula is C12H23NO2S. The predicted octanol–water partition coefficient (Wildman–Crippen LogP) is 1.45. The summed E-state index contributed by atoms with van der Waals surface area (Å²) in [7, 11) is -2.73. The Kier molecular flexibility index (Phi) is 3.32. The molecule has 2 rings (SSSR count). The number of hydrogen-bond donors (Lipinski definition) is 1. The highest BCUT2D eigenvalue weighted by molar-refractivity contribution is 7.91. The SMILES string of the molecule is CC(C)CNCC1CC12CCCS(=O)(=O)C2. The van der Waals surface area contributed by atoms with E-state index in [-0.39, 0.29) is 5.41 Å². The van der Waals surface area contributed by atoms with E-state index in [1.54, 1.807) is 0 Å². The van der Waals surface area contributed by atoms with Gasteiger partial charge in [0.15, 0.2) is 9.84 Å². The summed E-state index contributed by atoms with van der Waals surface area (Å²) in [6.45, 7) is 6.44. The van der Waals surface area contributed by atoms with Gasteiger partial charge in [-0.15, -0.1) is 0 Å². The van der Waals surface area contributed by atoms with Crippen molar-refractivity contribution in [3.05, 3.63) is 0 Å². The summed E-state index contributed by atoms with van der Waals surface area (Å²) in [4.78, 5) is 0. The highest BCUT2D eigenvalue weighted by atomic mass is 32.2. The Labute approximate surface area is 98.9 Å². The summed E-state index contributed by atoms with van der Waals surface area (Å²) >= 11 is 0. The molecule has 1 heterocycles. The molecule has 2 fully saturated rings. The standard InChI is InChI=1S/C12H23NO2S/c1-10(2)7-13-8-11-6-12(11)4-3-5-16(14,15)9-12/h10-11,13H,3-9H2,1-2H3. The summed E-state index contributed by atoms with van der Waals surface area (Å²) < 4.78 is 23.2. The Bertz CT molecular complexity index is 350. The van der Waals surface area contributed by atoms with Crippen LogP contribution in [0.3, 0.4) is 0 Å². The van der Waals surface area contributed by atoms with Gasteiger partial charge in [-0.25, -0.2) is 8.42 Å². The molecule has 4 heteroatoms. The molecule has 0 amide bonds. The Morgan fingerprint density at radius 1 is 1.44 bits per heavy atom. The third kappa shape index (κ3) is 2.77. The maximum atomic E-state index is 11.6. The Morgan fingerprint density at radius 2 is 2.19 bits per heavy atom. The first-order valence-electron chi connectivity index (χ1n) is 6.35. The number of rotatable bonds is 4. The smallest absolute Gasteiger partial charge is 0.150 e. The molecule has 16 heavy (non-hydrogen) atoms. The van der Waals surface area contributed by atoms with Gasteiger partial charge in [0.05, 0.1) is 11.5 Å². The van der Waals surface area contributed by atoms with Crippen LogP contribution in [0.25, 0.3) is 0 Å². The minimum Gasteiger partial charge on any atom is -0.316 e. The zero-order valence-electron chi connectivity index (χ0n) is 10.3. The number of nitrogens with one attached hydrogen (secondary N) is 1. The van der Waals surface area contributed by atoms with Crippen LogP contribution in [0.1, 0.15) is 33.1 Å². The lowest BCUT2D eigenvalue weighted by Gasteiger charge is -2.23. The van der Waals surface area contributed by atoms with Crippen molar-refractivity contribution in [2.75, 3.05) is 24.6 Å². The number of hydrogen-bond acceptors (Lipinski definition) is 3. The summed E-state index contributed by atoms with van der Waals surface area (Å²) in [6.07, 6.45) is 3.13. The molecule has 3 nitrogen and oxygen atoms in total. The van der Waals surface area contributed by atoms with Crippen molar-refractivity contribution in [2.45, 2.75) is 33.1 Å². The van der Waals surface area contributed by atoms with E-state index in [1.807, 2.05) is 0 Å². The van der Waals surface area contributed by atoms with Gasteiger partial charge in [-0.3, -0.25) is 0 Å². The monoisotopic (exact) mass is 245 g/mol. The average Bonchev–Trinajstić information content (AvgIpc) is 2.75. The van der Waals surface area contributed by atoms with Gasteiger partial charge in [0.1, 0.15) is 0 Å². The van der Waals surface area contributed by atoms with Gasteiger partial charge in [0, 0.05) is 0 Å². The second-order valence-corrected chi connectivity index (χ2v) is 8.20. The first kappa shape index (κ1) is 12.4. The van der Waals surface area contributed by atoms with E-state index in [0.717, 1.165) is 32.4 Å². The first-order chi connectivity index (χ1) is 7.44. The Morgan fingerprint density at radius 3 is 2.81 bits per heavy atom. The van der Waals surface area contributed by atoms with Crippen LogP contribution in [-0.4, -0.2) is 33.0 Å². The van der Waals surface area contributed by atoms with Gasteiger partial charge in [0.25, 0.3) is 0 Å². The summed E-state index contributed by atoms with van der Waals surface area (Å²) in [5.41, 5.74) is 0.168. The molecule has 1 saturated carbocycles. The molecule has 94 valence electrons. The second kappa shape index (κ2) is 4.30. The molecule has 2 unspecified atom stereocenters. The van der Waals surface area contributed by atoms with Crippen molar-refractivity contribution in [1.82, 2.24) is 5.32 Å². The van der Waals surface area contributed by atoms with E-state index in [9.17, 15) is 8.42 Å². The van der Waals surface area contributed by atoms with Crippen LogP contribution in [0.2, 0.25) is 0 Å². The Balaban J connectivity index is 1.80. The maximum absolute atomic E-state index is 11.6. The van der Waals surface area contributed by atoms with Crippen molar-refractivity contribution in [3.8, 4) is 0 Å². The van der Waals surface area contributed by atoms with E-state index in [0.29, 0.717) is 23.3 Å². The van der Waals surface area contributed by atoms with Crippen molar-refractivity contribution in [2.24, 2.45) is 17.3 Å². The summed E-state index contributed by atoms with van der Waals surface area (Å²) in [5, 5.41) is 3.45. The molecule has 0 radical (unpaired) electrons. The molecule has 1 N–H and O–H groups in total. The highest BCUT2D eigenvalue weighted by Crippen LogP contribution is 2.58. The minimum atomic E-state index is -2.73. The van der Waals surface area contributed by atoms with Gasteiger partial charge >= 0.3 is 0 Å². The fourth-order valence-electron chi connectivity index (χ4n) is 2.98. The molecule has 2 aliphatic rings. The van der Waals surface area contributed by atoms with Crippen molar-refractivity contribution < 1.29 is 8.42 Å². The molecule has 0 bridgehead atoms. The topological polar surface area (TPSA) is 46.2 Å². The minimum absolute atomic E-state index is 0.168. The van der Waals surface area contributed by atoms with Crippen LogP contribution in [-0.2, 0) is 9.84 Å². The molecule has 1 aliphatic heterocycles. The van der Waals surface area contributed by atoms with Gasteiger partial charge in [-0.1, -0.05) is 13.8 Å². The third-order valence-electron chi connectivity index (χ3n) is 3.94. The number of sulfone groups is 1. The summed E-state index contributed by atoms with van der Waals surface area (Å²) in [6, 6.07) is 0. The van der Waals surface area contributed by atoms with Crippen LogP contribution in [0, 0.1) is 17.3 Å². The molecule has 1 saturated heterocycles. The van der Waals surface area contributed by atoms with Crippen LogP contribution < -0.4 is 5.32 Å². The van der Waals surface area contributed by atoms with E-state index < -0.39 is 9.84 Å². The van der Waals surface area contributed by atoms with E-state index in [1.165, 1.54) is 0 Å². The van der Waals surface area contributed by atoms with Crippen LogP contribution in [0.15, 0.2) is 0 Å².